The number of hydrogen-bond acceptors (Lipinski definition) is 2. The van der Waals surface area contributed by atoms with Crippen LogP contribution in [0.3, 0.4) is 0 Å². The van der Waals surface area contributed by atoms with Crippen molar-refractivity contribution in [3.8, 4) is 0 Å². The first-order chi connectivity index (χ1) is 7.13. The summed E-state index contributed by atoms with van der Waals surface area (Å²) in [6.45, 7) is 4.43. The second-order valence-electron chi connectivity index (χ2n) is 3.52. The van der Waals surface area contributed by atoms with Gasteiger partial charge in [-0.05, 0) is 13.3 Å². The molecule has 0 aliphatic carbocycles. The fourth-order valence-corrected chi connectivity index (χ4v) is 1.36. The minimum atomic E-state index is -2.35. The van der Waals surface area contributed by atoms with Crippen LogP contribution in [0.2, 0.25) is 0 Å². The first kappa shape index (κ1) is 11.9. The molecule has 0 spiro atoms. The number of anilines is 1. The van der Waals surface area contributed by atoms with E-state index in [0.29, 0.717) is 5.95 Å². The Labute approximate surface area is 88.5 Å². The second-order valence-corrected chi connectivity index (χ2v) is 3.52. The third kappa shape index (κ3) is 3.85. The highest BCUT2D eigenvalue weighted by Crippen LogP contribution is 2.10. The Morgan fingerprint density at radius 2 is 2.27 bits per heavy atom. The minimum Gasteiger partial charge on any atom is -0.350 e. The molecule has 0 amide bonds. The first-order valence-corrected chi connectivity index (χ1v) is 5.19. The maximum atomic E-state index is 12.0. The van der Waals surface area contributed by atoms with Crippen molar-refractivity contribution in [2.75, 3.05) is 11.9 Å². The van der Waals surface area contributed by atoms with Gasteiger partial charge in [0, 0.05) is 12.7 Å². The van der Waals surface area contributed by atoms with Crippen molar-refractivity contribution in [1.29, 1.82) is 0 Å². The van der Waals surface area contributed by atoms with Crippen molar-refractivity contribution in [2.24, 2.45) is 0 Å². The molecule has 0 unspecified atom stereocenters. The molecule has 0 radical (unpaired) electrons. The van der Waals surface area contributed by atoms with Crippen LogP contribution in [0.1, 0.15) is 25.5 Å². The van der Waals surface area contributed by atoms with Crippen LogP contribution in [0, 0.1) is 6.92 Å². The maximum Gasteiger partial charge on any atom is 0.255 e. The highest BCUT2D eigenvalue weighted by molar-refractivity contribution is 5.28. The molecule has 0 aromatic carbocycles. The van der Waals surface area contributed by atoms with Gasteiger partial charge in [0.15, 0.2) is 0 Å². The number of aryl methyl sites for hydroxylation is 2. The molecule has 1 aromatic heterocycles. The third-order valence-electron chi connectivity index (χ3n) is 2.06. The molecule has 0 bridgehead atoms. The summed E-state index contributed by atoms with van der Waals surface area (Å²) >= 11 is 0. The molecular formula is C10H17F2N3. The number of unbranched alkanes of at least 4 members (excludes halogenated alkanes) is 1. The normalized spacial score (nSPS) is 11.0. The van der Waals surface area contributed by atoms with Crippen LogP contribution in [-0.2, 0) is 6.54 Å². The summed E-state index contributed by atoms with van der Waals surface area (Å²) in [4.78, 5) is 4.15. The van der Waals surface area contributed by atoms with Gasteiger partial charge in [0.1, 0.15) is 0 Å². The van der Waals surface area contributed by atoms with E-state index >= 15 is 0 Å². The highest BCUT2D eigenvalue weighted by atomic mass is 19.3. The standard InChI is InChI=1S/C10H17F2N3/c1-3-4-5-15-7-8(2)14-10(15)13-6-9(11)12/h7,9H,3-6H2,1-2H3,(H,13,14). The van der Waals surface area contributed by atoms with Gasteiger partial charge in [0.2, 0.25) is 5.95 Å². The number of hydrogen-bond donors (Lipinski definition) is 1. The monoisotopic (exact) mass is 217 g/mol. The molecule has 0 saturated carbocycles. The van der Waals surface area contributed by atoms with Gasteiger partial charge in [0.05, 0.1) is 12.2 Å². The van der Waals surface area contributed by atoms with Gasteiger partial charge in [0.25, 0.3) is 6.43 Å². The molecule has 0 atom stereocenters. The third-order valence-corrected chi connectivity index (χ3v) is 2.06. The van der Waals surface area contributed by atoms with E-state index < -0.39 is 6.43 Å². The van der Waals surface area contributed by atoms with Crippen LogP contribution >= 0.6 is 0 Å². The van der Waals surface area contributed by atoms with Crippen molar-refractivity contribution >= 4 is 5.95 Å². The molecule has 86 valence electrons. The van der Waals surface area contributed by atoms with Gasteiger partial charge >= 0.3 is 0 Å². The Morgan fingerprint density at radius 1 is 1.53 bits per heavy atom. The Morgan fingerprint density at radius 3 is 2.87 bits per heavy atom. The Balaban J connectivity index is 2.59. The molecule has 5 heteroatoms. The van der Waals surface area contributed by atoms with E-state index in [-0.39, 0.29) is 6.54 Å². The van der Waals surface area contributed by atoms with Crippen LogP contribution in [0.5, 0.6) is 0 Å². The quantitative estimate of drug-likeness (QED) is 0.794. The summed E-state index contributed by atoms with van der Waals surface area (Å²) in [5, 5.41) is 2.64. The van der Waals surface area contributed by atoms with Crippen LogP contribution < -0.4 is 5.32 Å². The lowest BCUT2D eigenvalue weighted by molar-refractivity contribution is 0.163. The van der Waals surface area contributed by atoms with Crippen LogP contribution in [0.25, 0.3) is 0 Å². The van der Waals surface area contributed by atoms with Gasteiger partial charge < -0.3 is 9.88 Å². The molecule has 3 nitrogen and oxygen atoms in total. The van der Waals surface area contributed by atoms with Crippen molar-refractivity contribution in [3.63, 3.8) is 0 Å². The van der Waals surface area contributed by atoms with Crippen molar-refractivity contribution < 1.29 is 8.78 Å². The van der Waals surface area contributed by atoms with Crippen molar-refractivity contribution in [2.45, 2.75) is 39.7 Å². The predicted molar refractivity (Wildman–Crippen MR) is 56.4 cm³/mol. The molecule has 0 aliphatic heterocycles. The number of aromatic nitrogens is 2. The summed E-state index contributed by atoms with van der Waals surface area (Å²) in [6.07, 6.45) is 1.63. The number of rotatable bonds is 6. The highest BCUT2D eigenvalue weighted by Gasteiger charge is 2.07. The van der Waals surface area contributed by atoms with Gasteiger partial charge in [-0.15, -0.1) is 0 Å². The average Bonchev–Trinajstić information content (AvgIpc) is 2.52. The Bertz CT molecular complexity index is 297. The maximum absolute atomic E-state index is 12.0. The molecule has 1 N–H and O–H groups in total. The molecule has 15 heavy (non-hydrogen) atoms. The molecule has 0 aliphatic rings. The lowest BCUT2D eigenvalue weighted by Gasteiger charge is -2.08. The van der Waals surface area contributed by atoms with Crippen LogP contribution in [0.4, 0.5) is 14.7 Å². The topological polar surface area (TPSA) is 29.9 Å². The Hall–Kier alpha value is -1.13. The molecule has 1 heterocycles. The number of imidazole rings is 1. The largest absolute Gasteiger partial charge is 0.350 e. The fraction of sp³-hybridized carbons (Fsp3) is 0.700. The molecule has 0 fully saturated rings. The molecule has 1 aromatic rings. The Kier molecular flexibility index (Phi) is 4.52. The lowest BCUT2D eigenvalue weighted by Crippen LogP contribution is -2.14. The fourth-order valence-electron chi connectivity index (χ4n) is 1.36. The van der Waals surface area contributed by atoms with E-state index in [4.69, 9.17) is 0 Å². The van der Waals surface area contributed by atoms with E-state index in [1.54, 1.807) is 0 Å². The predicted octanol–water partition coefficient (Wildman–Crippen LogP) is 2.67. The SMILES string of the molecule is CCCCn1cc(C)nc1NCC(F)F. The van der Waals surface area contributed by atoms with Gasteiger partial charge in [-0.2, -0.15) is 0 Å². The van der Waals surface area contributed by atoms with Gasteiger partial charge in [-0.3, -0.25) is 0 Å². The van der Waals surface area contributed by atoms with E-state index in [0.717, 1.165) is 25.1 Å². The van der Waals surface area contributed by atoms with E-state index in [2.05, 4.69) is 17.2 Å². The number of halogens is 2. The van der Waals surface area contributed by atoms with E-state index in [1.807, 2.05) is 17.7 Å². The van der Waals surface area contributed by atoms with E-state index in [9.17, 15) is 8.78 Å². The summed E-state index contributed by atoms with van der Waals surface area (Å²) in [5.74, 6) is 0.543. The molecule has 1 rings (SSSR count). The van der Waals surface area contributed by atoms with Crippen LogP contribution in [0.15, 0.2) is 6.20 Å². The summed E-state index contributed by atoms with van der Waals surface area (Å²) in [6, 6.07) is 0. The lowest BCUT2D eigenvalue weighted by atomic mass is 10.3. The molecule has 0 saturated heterocycles. The smallest absolute Gasteiger partial charge is 0.255 e. The van der Waals surface area contributed by atoms with Crippen molar-refractivity contribution in [3.05, 3.63) is 11.9 Å². The number of nitrogens with one attached hydrogen (secondary N) is 1. The summed E-state index contributed by atoms with van der Waals surface area (Å²) in [5.41, 5.74) is 0.850. The zero-order chi connectivity index (χ0) is 11.3. The summed E-state index contributed by atoms with van der Waals surface area (Å²) in [7, 11) is 0. The first-order valence-electron chi connectivity index (χ1n) is 5.19. The van der Waals surface area contributed by atoms with Gasteiger partial charge in [-0.1, -0.05) is 13.3 Å². The number of alkyl halides is 2. The second kappa shape index (κ2) is 5.68. The summed E-state index contributed by atoms with van der Waals surface area (Å²) < 4.78 is 25.9. The zero-order valence-corrected chi connectivity index (χ0v) is 9.13. The minimum absolute atomic E-state index is 0.345. The van der Waals surface area contributed by atoms with Crippen LogP contribution in [-0.4, -0.2) is 22.5 Å². The molecular weight excluding hydrogens is 200 g/mol. The number of nitrogens with zero attached hydrogens (tertiary/aromatic N) is 2. The van der Waals surface area contributed by atoms with E-state index in [1.165, 1.54) is 0 Å². The van der Waals surface area contributed by atoms with Gasteiger partial charge in [-0.25, -0.2) is 13.8 Å². The average molecular weight is 217 g/mol. The zero-order valence-electron chi connectivity index (χ0n) is 9.13. The van der Waals surface area contributed by atoms with Crippen molar-refractivity contribution in [1.82, 2.24) is 9.55 Å².